The number of carbonyl (C=O) groups excluding carboxylic acids is 6. The fraction of sp³-hybridized carbons (Fsp3) is 0.212. The number of aromatic amines is 1. The fourth-order valence-corrected chi connectivity index (χ4v) is 15.1. The average Bonchev–Trinajstić information content (AvgIpc) is 1.59. The Bertz CT molecular complexity index is 7460. The van der Waals surface area contributed by atoms with Gasteiger partial charge in [0.2, 0.25) is 0 Å². The second-order valence-corrected chi connectivity index (χ2v) is 31.5. The van der Waals surface area contributed by atoms with Gasteiger partial charge in [0.25, 0.3) is 0 Å². The molecule has 0 unspecified atom stereocenters. The van der Waals surface area contributed by atoms with Crippen molar-refractivity contribution in [1.82, 2.24) is 9.55 Å². The summed E-state index contributed by atoms with van der Waals surface area (Å²) in [5.74, 6) is 0.470. The molecule has 147 heavy (non-hydrogen) atoms. The number of fused-ring (bicyclic) bond motifs is 11. The maximum atomic E-state index is 11.9. The van der Waals surface area contributed by atoms with Crippen molar-refractivity contribution in [3.63, 3.8) is 0 Å². The number of nitrogens with one attached hydrogen (secondary N) is 1. The van der Waals surface area contributed by atoms with Crippen LogP contribution < -0.4 is 63.1 Å². The first kappa shape index (κ1) is 116. The van der Waals surface area contributed by atoms with Crippen molar-refractivity contribution < 1.29 is 145 Å². The molecule has 756 valence electrons. The maximum Gasteiger partial charge on any atom is 1.00 e. The molecule has 1 aliphatic heterocycles. The van der Waals surface area contributed by atoms with Crippen LogP contribution in [0.2, 0.25) is 0 Å². The van der Waals surface area contributed by atoms with Crippen LogP contribution in [0.25, 0.3) is 124 Å². The van der Waals surface area contributed by atoms with Gasteiger partial charge in [0.15, 0.2) is 6.29 Å². The summed E-state index contributed by atoms with van der Waals surface area (Å²) in [5, 5.41) is 70.8. The molecule has 2 aromatic heterocycles. The summed E-state index contributed by atoms with van der Waals surface area (Å²) in [4.78, 5) is 87.6. The van der Waals surface area contributed by atoms with Crippen molar-refractivity contribution in [2.75, 3.05) is 123 Å². The van der Waals surface area contributed by atoms with E-state index in [1.165, 1.54) is 27.4 Å². The van der Waals surface area contributed by atoms with Crippen molar-refractivity contribution >= 4 is 145 Å². The Morgan fingerprint density at radius 3 is 1.33 bits per heavy atom. The number of esters is 5. The molecule has 33 nitrogen and oxygen atoms in total. The van der Waals surface area contributed by atoms with E-state index in [-0.39, 0.29) is 95.2 Å². The van der Waals surface area contributed by atoms with E-state index in [1.807, 2.05) is 259 Å². The number of carboxylic acids is 1. The molecule has 4 N–H and O–H groups in total. The molecule has 18 rings (SSSR count). The number of nitrogens with zero attached hydrogens (tertiary/aromatic N) is 8. The smallest absolute Gasteiger partial charge is 0.855 e. The molecule has 15 aromatic carbocycles. The summed E-state index contributed by atoms with van der Waals surface area (Å²) in [7, 11) is 13.8. The van der Waals surface area contributed by atoms with Crippen LogP contribution in [0.5, 0.6) is 40.2 Å². The Labute approximate surface area is 870 Å². The van der Waals surface area contributed by atoms with Gasteiger partial charge >= 0.3 is 65.4 Å². The molecule has 1 aliphatic rings. The number of morpholine rings is 1. The van der Waals surface area contributed by atoms with E-state index < -0.39 is 23.9 Å². The molecule has 0 bridgehead atoms. The summed E-state index contributed by atoms with van der Waals surface area (Å²) in [6.45, 7) is 10.4. The molecule has 0 spiro atoms. The van der Waals surface area contributed by atoms with Crippen LogP contribution in [0.15, 0.2) is 301 Å². The van der Waals surface area contributed by atoms with E-state index in [0.717, 1.165) is 126 Å². The molecule has 0 atom stereocenters. The van der Waals surface area contributed by atoms with Crippen molar-refractivity contribution in [2.24, 2.45) is 10.2 Å². The standard InChI is InChI=1S/C21H17NO3.C16H15N3O3.C16H15NO3.C13H12O3.C12H10O3.C12H12O2.C12H10O2.C5H11NO2.C4H7N3O2.C2H5O.Na/c1-25-19-11-15-9-5-6-10-16(15)20-17(19)12-18(21(23)24)22(20)13-14-7-3-2-4-8-14;1-3-22-16(20)14(18-19-17)9-13-8-11-6-4-5-7-12(11)10-15(13)21-2;1-3-20-16(18)13-9-12-14(19-2)8-10-6-4-5-7-11(10)15(12)17-13;1-15-12-8-10-6-4-3-5-9(10)7-11(12)13(14)16-2;1-15-12(14)10-6-8-4-2-3-5-9(8)7-11(10)13;2*1-14-12-7-10-5-3-2-4-9(10)6-11(12)8-13;1-6(7)2-4-8-5-3-6;1-2-9-4(8)3-6-7-5;1-2-3;/h2-12H,13H2,1H3,(H,23,24);4-10H,3H2,1-2H3;4-9,17H,3H2,1-2H3;3-8H,1-2H3;2-7,13H,1H3;2-7,13H,8H2,1H3;2-8H,1H3;2-5H2,1H3;2-3H2,1H3;2H2,1H3;/q;;;;;;;;;-1;+1/b;14-9-;;;;;;;;;. The first-order valence-corrected chi connectivity index (χ1v) is 45.9. The van der Waals surface area contributed by atoms with E-state index >= 15 is 0 Å². The number of aromatic hydroxyl groups is 1. The van der Waals surface area contributed by atoms with Crippen LogP contribution in [0, 0.1) is 5.21 Å². The second-order valence-electron chi connectivity index (χ2n) is 31.5. The number of likely N-dealkylation sites (N-methyl/N-ethyl adjacent to an activating group) is 1. The number of hydroxylamine groups is 3. The zero-order valence-corrected chi connectivity index (χ0v) is 86.1. The van der Waals surface area contributed by atoms with Gasteiger partial charge in [0.05, 0.1) is 120 Å². The number of azide groups is 2. The van der Waals surface area contributed by atoms with Crippen LogP contribution in [-0.4, -0.2) is 195 Å². The Balaban J connectivity index is 0.000000204. The van der Waals surface area contributed by atoms with E-state index in [2.05, 4.69) is 34.5 Å². The van der Waals surface area contributed by atoms with Gasteiger partial charge in [-0.25, -0.2) is 24.0 Å². The molecular weight excluding hydrogens is 1890 g/mol. The maximum absolute atomic E-state index is 11.9. The van der Waals surface area contributed by atoms with Crippen molar-refractivity contribution in [3.05, 3.63) is 362 Å². The predicted molar refractivity (Wildman–Crippen MR) is 563 cm³/mol. The van der Waals surface area contributed by atoms with Gasteiger partial charge in [-0.1, -0.05) is 217 Å². The number of aldehydes is 1. The number of aliphatic hydroxyl groups excluding tert-OH is 1. The number of hydrogen-bond acceptors (Lipinski definition) is 25. The number of phenolic OH excluding ortho intramolecular Hbond substituents is 1. The summed E-state index contributed by atoms with van der Waals surface area (Å²) < 4.78 is 62.1. The Kier molecular flexibility index (Phi) is 46.8. The summed E-state index contributed by atoms with van der Waals surface area (Å²) in [5.41, 5.74) is 22.4. The largest absolute Gasteiger partial charge is 1.00 e. The Morgan fingerprint density at radius 2 is 0.878 bits per heavy atom. The number of hydrogen-bond donors (Lipinski definition) is 4. The molecule has 1 saturated heterocycles. The minimum Gasteiger partial charge on any atom is -0.855 e. The molecule has 0 radical (unpaired) electrons. The molecule has 0 saturated carbocycles. The van der Waals surface area contributed by atoms with Crippen molar-refractivity contribution in [2.45, 2.75) is 40.8 Å². The summed E-state index contributed by atoms with van der Waals surface area (Å²) in [6, 6.07) is 90.3. The third-order valence-electron chi connectivity index (χ3n) is 22.1. The molecule has 17 aromatic rings. The van der Waals surface area contributed by atoms with E-state index in [0.29, 0.717) is 91.4 Å². The van der Waals surface area contributed by atoms with Gasteiger partial charge in [-0.2, -0.15) is 0 Å². The predicted octanol–water partition coefficient (Wildman–Crippen LogP) is 19.3. The van der Waals surface area contributed by atoms with Crippen LogP contribution >= 0.6 is 0 Å². The van der Waals surface area contributed by atoms with Crippen LogP contribution in [0.3, 0.4) is 0 Å². The van der Waals surface area contributed by atoms with E-state index in [1.54, 1.807) is 101 Å². The number of carbonyl (C=O) groups is 7. The SMILES string of the molecule is CCOC(=O)/C(=C/c1cc2ccccc2cc1OC)N=[N+]=[N-].CCOC(=O)CN=[N+]=[N-].CCOC(=O)c1cc2c(OC)cc3ccccc3c2[nH]1.CC[O-].COC(=O)c1cc2ccccc2cc1O.COC(=O)c1cc2ccccc2cc1OC.COc1cc2ccccc2c2c1cc(C(=O)O)n2Cc1ccccc1.COc1cc2ccccc2cc1C=O.COc1cc2ccccc2cc1CO.C[N+]1([O-])CCOCC1.[Na+]. The number of quaternary nitrogens is 1. The number of ether oxygens (including phenoxy) is 12. The first-order valence-electron chi connectivity index (χ1n) is 45.9. The van der Waals surface area contributed by atoms with Gasteiger partial charge < -0.3 is 96.7 Å². The van der Waals surface area contributed by atoms with Gasteiger partial charge in [0, 0.05) is 49.0 Å². The number of H-pyrrole nitrogens is 1. The van der Waals surface area contributed by atoms with E-state index in [4.69, 9.17) is 68.6 Å². The van der Waals surface area contributed by atoms with Gasteiger partial charge in [-0.05, 0) is 193 Å². The number of phenols is 1. The second kappa shape index (κ2) is 59.5. The zero-order chi connectivity index (χ0) is 106. The molecule has 34 heteroatoms. The normalized spacial score (nSPS) is 11.2. The summed E-state index contributed by atoms with van der Waals surface area (Å²) >= 11 is 0. The van der Waals surface area contributed by atoms with E-state index in [9.17, 15) is 49.0 Å². The third-order valence-corrected chi connectivity index (χ3v) is 22.1. The average molecular weight is 2010 g/mol. The van der Waals surface area contributed by atoms with Crippen LogP contribution in [0.4, 0.5) is 0 Å². The van der Waals surface area contributed by atoms with Gasteiger partial charge in [-0.15, -0.1) is 6.61 Å². The number of carboxylic acid groups (broad SMARTS) is 1. The number of aromatic carboxylic acids is 1. The van der Waals surface area contributed by atoms with Crippen LogP contribution in [0.1, 0.15) is 96.4 Å². The first-order chi connectivity index (χ1) is 70.7. The molecule has 0 aliphatic carbocycles. The van der Waals surface area contributed by atoms with Gasteiger partial charge in [-0.3, -0.25) is 9.59 Å². The molecule has 1 fully saturated rings. The minimum atomic E-state index is -0.946. The van der Waals surface area contributed by atoms with Crippen molar-refractivity contribution in [1.29, 1.82) is 0 Å². The third kappa shape index (κ3) is 32.5. The Hall–Kier alpha value is -16.6. The monoisotopic (exact) mass is 2000 g/mol. The molecular formula is C113H114N9NaO24. The summed E-state index contributed by atoms with van der Waals surface area (Å²) in [6.07, 6.45) is 2.27. The fourth-order valence-electron chi connectivity index (χ4n) is 15.1. The number of rotatable bonds is 22. The number of aliphatic hydroxyl groups is 1. The Morgan fingerprint density at radius 1 is 0.469 bits per heavy atom. The number of methoxy groups -OCH3 is 8. The number of benzene rings is 15. The zero-order valence-electron chi connectivity index (χ0n) is 84.1. The van der Waals surface area contributed by atoms with Crippen LogP contribution in [-0.2, 0) is 51.2 Å². The topological polar surface area (TPSA) is 455 Å². The minimum absolute atomic E-state index is 0. The quantitative estimate of drug-likeness (QED) is 0.00468. The van der Waals surface area contributed by atoms with Crippen molar-refractivity contribution in [3.8, 4) is 40.2 Å². The molecule has 3 heterocycles. The molecule has 0 amide bonds. The number of aromatic nitrogens is 2. The van der Waals surface area contributed by atoms with Gasteiger partial charge in [0.1, 0.15) is 88.1 Å².